The van der Waals surface area contributed by atoms with Crippen LogP contribution in [0.5, 0.6) is 11.5 Å². The summed E-state index contributed by atoms with van der Waals surface area (Å²) in [5.41, 5.74) is 1.87. The van der Waals surface area contributed by atoms with Crippen molar-refractivity contribution in [3.8, 4) is 22.9 Å². The van der Waals surface area contributed by atoms with Crippen molar-refractivity contribution in [1.82, 2.24) is 15.2 Å². The summed E-state index contributed by atoms with van der Waals surface area (Å²) in [6, 6.07) is 11.1. The Balaban J connectivity index is 1.75. The van der Waals surface area contributed by atoms with Gasteiger partial charge in [0.2, 0.25) is 5.16 Å². The van der Waals surface area contributed by atoms with Crippen molar-refractivity contribution in [2.45, 2.75) is 10.9 Å². The highest BCUT2D eigenvalue weighted by atomic mass is 35.5. The number of H-pyrrole nitrogens is 1. The van der Waals surface area contributed by atoms with Gasteiger partial charge in [-0.05, 0) is 29.8 Å². The molecule has 3 aromatic rings. The molecule has 0 atom stereocenters. The Kier molecular flexibility index (Phi) is 5.73. The standard InChI is InChI=1S/C17H15Cl2N3O2S/c1-23-11-4-5-12(15(8-11)24-2)16-20-17(22-21-16)25-9-10-3-6-13(18)14(19)7-10/h3-8H,9H2,1-2H3,(H,20,21,22). The fraction of sp³-hybridized carbons (Fsp3) is 0.176. The number of thioether (sulfide) groups is 1. The quantitative estimate of drug-likeness (QED) is 0.589. The second-order valence-electron chi connectivity index (χ2n) is 5.07. The first kappa shape index (κ1) is 17.9. The fourth-order valence-electron chi connectivity index (χ4n) is 2.20. The van der Waals surface area contributed by atoms with Crippen molar-refractivity contribution in [2.24, 2.45) is 0 Å². The van der Waals surface area contributed by atoms with E-state index >= 15 is 0 Å². The number of aromatic amines is 1. The maximum atomic E-state index is 6.04. The highest BCUT2D eigenvalue weighted by molar-refractivity contribution is 7.98. The number of hydrogen-bond acceptors (Lipinski definition) is 5. The van der Waals surface area contributed by atoms with Crippen LogP contribution in [0, 0.1) is 0 Å². The van der Waals surface area contributed by atoms with Gasteiger partial charge in [0.25, 0.3) is 0 Å². The van der Waals surface area contributed by atoms with Crippen molar-refractivity contribution in [3.63, 3.8) is 0 Å². The molecule has 1 aromatic heterocycles. The number of methoxy groups -OCH3 is 2. The van der Waals surface area contributed by atoms with Gasteiger partial charge in [-0.3, -0.25) is 5.10 Å². The Morgan fingerprint density at radius 3 is 2.60 bits per heavy atom. The zero-order valence-corrected chi connectivity index (χ0v) is 15.9. The number of benzene rings is 2. The third-order valence-corrected chi connectivity index (χ3v) is 5.14. The molecular weight excluding hydrogens is 381 g/mol. The molecule has 0 spiro atoms. The van der Waals surface area contributed by atoms with Crippen LogP contribution in [0.15, 0.2) is 41.6 Å². The monoisotopic (exact) mass is 395 g/mol. The van der Waals surface area contributed by atoms with E-state index < -0.39 is 0 Å². The van der Waals surface area contributed by atoms with Crippen LogP contribution in [0.25, 0.3) is 11.4 Å². The van der Waals surface area contributed by atoms with Crippen LogP contribution >= 0.6 is 35.0 Å². The Labute approximate surface area is 159 Å². The first-order chi connectivity index (χ1) is 12.1. The summed E-state index contributed by atoms with van der Waals surface area (Å²) in [6.07, 6.45) is 0. The van der Waals surface area contributed by atoms with Gasteiger partial charge in [-0.1, -0.05) is 41.0 Å². The molecule has 25 heavy (non-hydrogen) atoms. The van der Waals surface area contributed by atoms with Gasteiger partial charge in [0.15, 0.2) is 5.82 Å². The van der Waals surface area contributed by atoms with Gasteiger partial charge in [-0.2, -0.15) is 0 Å². The maximum Gasteiger partial charge on any atom is 0.209 e. The van der Waals surface area contributed by atoms with Crippen LogP contribution in [0.2, 0.25) is 10.0 Å². The number of aromatic nitrogens is 3. The van der Waals surface area contributed by atoms with Crippen LogP contribution < -0.4 is 9.47 Å². The Morgan fingerprint density at radius 2 is 1.88 bits per heavy atom. The molecule has 0 saturated heterocycles. The van der Waals surface area contributed by atoms with Crippen molar-refractivity contribution >= 4 is 35.0 Å². The average Bonchev–Trinajstić information content (AvgIpc) is 3.11. The Bertz CT molecular complexity index is 886. The molecule has 0 aliphatic carbocycles. The molecule has 1 heterocycles. The SMILES string of the molecule is COc1ccc(-c2nc(SCc3ccc(Cl)c(Cl)c3)n[nH]2)c(OC)c1. The van der Waals surface area contributed by atoms with Gasteiger partial charge in [0.05, 0.1) is 29.8 Å². The van der Waals surface area contributed by atoms with Crippen LogP contribution in [0.3, 0.4) is 0 Å². The summed E-state index contributed by atoms with van der Waals surface area (Å²) in [5, 5.41) is 8.91. The first-order valence-electron chi connectivity index (χ1n) is 7.32. The smallest absolute Gasteiger partial charge is 0.209 e. The van der Waals surface area contributed by atoms with E-state index in [9.17, 15) is 0 Å². The molecular formula is C17H15Cl2N3O2S. The number of ether oxygens (including phenoxy) is 2. The average molecular weight is 396 g/mol. The molecule has 0 aliphatic rings. The van der Waals surface area contributed by atoms with Crippen molar-refractivity contribution in [2.75, 3.05) is 14.2 Å². The van der Waals surface area contributed by atoms with Crippen LogP contribution in [0.4, 0.5) is 0 Å². The van der Waals surface area contributed by atoms with Gasteiger partial charge in [-0.25, -0.2) is 4.98 Å². The molecule has 0 amide bonds. The van der Waals surface area contributed by atoms with Crippen molar-refractivity contribution in [1.29, 1.82) is 0 Å². The highest BCUT2D eigenvalue weighted by Crippen LogP contribution is 2.32. The van der Waals surface area contributed by atoms with E-state index in [1.165, 1.54) is 11.8 Å². The number of rotatable bonds is 6. The zero-order valence-electron chi connectivity index (χ0n) is 13.5. The molecule has 0 fully saturated rings. The predicted octanol–water partition coefficient (Wildman–Crippen LogP) is 5.09. The van der Waals surface area contributed by atoms with E-state index in [0.717, 1.165) is 11.1 Å². The predicted molar refractivity (Wildman–Crippen MR) is 101 cm³/mol. The second-order valence-corrected chi connectivity index (χ2v) is 6.83. The van der Waals surface area contributed by atoms with Crippen molar-refractivity contribution < 1.29 is 9.47 Å². The molecule has 0 bridgehead atoms. The molecule has 0 unspecified atom stereocenters. The molecule has 0 aliphatic heterocycles. The molecule has 3 rings (SSSR count). The molecule has 0 radical (unpaired) electrons. The van der Waals surface area contributed by atoms with Gasteiger partial charge in [0.1, 0.15) is 11.5 Å². The normalized spacial score (nSPS) is 10.7. The molecule has 1 N–H and O–H groups in total. The molecule has 2 aromatic carbocycles. The summed E-state index contributed by atoms with van der Waals surface area (Å²) >= 11 is 13.5. The third kappa shape index (κ3) is 4.21. The topological polar surface area (TPSA) is 60.0 Å². The number of nitrogens with zero attached hydrogens (tertiary/aromatic N) is 2. The first-order valence-corrected chi connectivity index (χ1v) is 9.06. The highest BCUT2D eigenvalue weighted by Gasteiger charge is 2.12. The molecule has 0 saturated carbocycles. The minimum Gasteiger partial charge on any atom is -0.497 e. The van der Waals surface area contributed by atoms with E-state index in [0.29, 0.717) is 38.3 Å². The van der Waals surface area contributed by atoms with Gasteiger partial charge >= 0.3 is 0 Å². The largest absolute Gasteiger partial charge is 0.497 e. The van der Waals surface area contributed by atoms with E-state index in [1.54, 1.807) is 26.4 Å². The summed E-state index contributed by atoms with van der Waals surface area (Å²) in [5.74, 6) is 2.70. The summed E-state index contributed by atoms with van der Waals surface area (Å²) in [6.45, 7) is 0. The van der Waals surface area contributed by atoms with E-state index in [4.69, 9.17) is 32.7 Å². The lowest BCUT2D eigenvalue weighted by atomic mass is 10.2. The number of halogens is 2. The molecule has 8 heteroatoms. The maximum absolute atomic E-state index is 6.04. The van der Waals surface area contributed by atoms with E-state index in [-0.39, 0.29) is 0 Å². The number of nitrogens with one attached hydrogen (secondary N) is 1. The van der Waals surface area contributed by atoms with E-state index in [2.05, 4.69) is 15.2 Å². The summed E-state index contributed by atoms with van der Waals surface area (Å²) in [4.78, 5) is 4.52. The minimum absolute atomic E-state index is 0.540. The fourth-order valence-corrected chi connectivity index (χ4v) is 3.26. The van der Waals surface area contributed by atoms with Gasteiger partial charge in [0, 0.05) is 11.8 Å². The van der Waals surface area contributed by atoms with Crippen LogP contribution in [-0.2, 0) is 5.75 Å². The van der Waals surface area contributed by atoms with Crippen LogP contribution in [-0.4, -0.2) is 29.4 Å². The lowest BCUT2D eigenvalue weighted by molar-refractivity contribution is 0.395. The lowest BCUT2D eigenvalue weighted by Crippen LogP contribution is -1.91. The zero-order chi connectivity index (χ0) is 17.8. The van der Waals surface area contributed by atoms with Gasteiger partial charge in [-0.15, -0.1) is 5.10 Å². The Hall–Kier alpha value is -1.89. The lowest BCUT2D eigenvalue weighted by Gasteiger charge is -2.07. The van der Waals surface area contributed by atoms with E-state index in [1.807, 2.05) is 24.3 Å². The van der Waals surface area contributed by atoms with Gasteiger partial charge < -0.3 is 9.47 Å². The molecule has 5 nitrogen and oxygen atoms in total. The van der Waals surface area contributed by atoms with Crippen LogP contribution in [0.1, 0.15) is 5.56 Å². The number of hydrogen-bond donors (Lipinski definition) is 1. The minimum atomic E-state index is 0.540. The van der Waals surface area contributed by atoms with Crippen molar-refractivity contribution in [3.05, 3.63) is 52.0 Å². The summed E-state index contributed by atoms with van der Waals surface area (Å²) in [7, 11) is 3.22. The molecule has 130 valence electrons. The second kappa shape index (κ2) is 7.99. The summed E-state index contributed by atoms with van der Waals surface area (Å²) < 4.78 is 10.6. The third-order valence-electron chi connectivity index (χ3n) is 3.48. The Morgan fingerprint density at radius 1 is 1.04 bits per heavy atom.